The standard InChI is InChI=1S/C10H10F6N2O/c11-9(12,13)6-5-7(10(14,15)16)18(17-6)8-3-1-2-4-19-8/h5,8H,1-4H2. The third kappa shape index (κ3) is 3.02. The summed E-state index contributed by atoms with van der Waals surface area (Å²) >= 11 is 0. The van der Waals surface area contributed by atoms with Gasteiger partial charge >= 0.3 is 12.4 Å². The Morgan fingerprint density at radius 3 is 2.26 bits per heavy atom. The van der Waals surface area contributed by atoms with Gasteiger partial charge in [0.25, 0.3) is 0 Å². The van der Waals surface area contributed by atoms with Crippen LogP contribution in [0.5, 0.6) is 0 Å². The Kier molecular flexibility index (Phi) is 3.50. The van der Waals surface area contributed by atoms with E-state index in [0.29, 0.717) is 17.5 Å². The highest BCUT2D eigenvalue weighted by molar-refractivity contribution is 5.16. The van der Waals surface area contributed by atoms with Crippen LogP contribution in [-0.2, 0) is 17.1 Å². The maximum absolute atomic E-state index is 12.7. The fourth-order valence-electron chi connectivity index (χ4n) is 1.88. The van der Waals surface area contributed by atoms with Gasteiger partial charge in [0.2, 0.25) is 0 Å². The predicted octanol–water partition coefficient (Wildman–Crippen LogP) is 3.62. The second-order valence-electron chi connectivity index (χ2n) is 4.18. The molecule has 1 fully saturated rings. The first-order valence-corrected chi connectivity index (χ1v) is 5.55. The molecule has 19 heavy (non-hydrogen) atoms. The summed E-state index contributed by atoms with van der Waals surface area (Å²) < 4.78 is 80.9. The van der Waals surface area contributed by atoms with Crippen LogP contribution in [0.2, 0.25) is 0 Å². The Morgan fingerprint density at radius 1 is 1.11 bits per heavy atom. The maximum atomic E-state index is 12.7. The molecule has 1 aromatic rings. The molecule has 1 aliphatic heterocycles. The van der Waals surface area contributed by atoms with E-state index in [1.807, 2.05) is 0 Å². The fraction of sp³-hybridized carbons (Fsp3) is 0.700. The van der Waals surface area contributed by atoms with Crippen molar-refractivity contribution < 1.29 is 31.1 Å². The van der Waals surface area contributed by atoms with Gasteiger partial charge in [0.05, 0.1) is 0 Å². The Labute approximate surface area is 104 Å². The molecule has 0 saturated carbocycles. The van der Waals surface area contributed by atoms with Gasteiger partial charge in [-0.1, -0.05) is 0 Å². The highest BCUT2D eigenvalue weighted by atomic mass is 19.4. The molecule has 0 aromatic carbocycles. The van der Waals surface area contributed by atoms with E-state index in [4.69, 9.17) is 4.74 Å². The summed E-state index contributed by atoms with van der Waals surface area (Å²) in [6, 6.07) is 0.0119. The van der Waals surface area contributed by atoms with Crippen molar-refractivity contribution in [1.82, 2.24) is 9.78 Å². The zero-order valence-corrected chi connectivity index (χ0v) is 9.55. The fourth-order valence-corrected chi connectivity index (χ4v) is 1.88. The molecule has 1 saturated heterocycles. The molecule has 1 atom stereocenters. The lowest BCUT2D eigenvalue weighted by Gasteiger charge is -2.24. The number of rotatable bonds is 1. The summed E-state index contributed by atoms with van der Waals surface area (Å²) in [5.41, 5.74) is -3.00. The number of nitrogens with zero attached hydrogens (tertiary/aromatic N) is 2. The van der Waals surface area contributed by atoms with Gasteiger partial charge in [-0.15, -0.1) is 0 Å². The quantitative estimate of drug-likeness (QED) is 0.738. The van der Waals surface area contributed by atoms with Gasteiger partial charge in [-0.05, 0) is 19.3 Å². The molecule has 2 heterocycles. The lowest BCUT2D eigenvalue weighted by Crippen LogP contribution is -2.24. The van der Waals surface area contributed by atoms with Crippen molar-refractivity contribution in [3.05, 3.63) is 17.5 Å². The first-order chi connectivity index (χ1) is 8.69. The first-order valence-electron chi connectivity index (χ1n) is 5.55. The molecule has 0 bridgehead atoms. The number of hydrogen-bond acceptors (Lipinski definition) is 2. The molecule has 1 unspecified atom stereocenters. The molecule has 1 aliphatic rings. The van der Waals surface area contributed by atoms with Gasteiger partial charge in [0, 0.05) is 12.7 Å². The molecule has 108 valence electrons. The molecule has 0 N–H and O–H groups in total. The van der Waals surface area contributed by atoms with Crippen molar-refractivity contribution >= 4 is 0 Å². The van der Waals surface area contributed by atoms with Crippen LogP contribution in [0.4, 0.5) is 26.3 Å². The van der Waals surface area contributed by atoms with Crippen molar-refractivity contribution in [3.63, 3.8) is 0 Å². The van der Waals surface area contributed by atoms with Crippen LogP contribution in [-0.4, -0.2) is 16.4 Å². The average Bonchev–Trinajstić information content (AvgIpc) is 2.74. The number of ether oxygens (including phenoxy) is 1. The molecule has 0 amide bonds. The second kappa shape index (κ2) is 4.69. The van der Waals surface area contributed by atoms with Gasteiger partial charge in [-0.2, -0.15) is 31.4 Å². The van der Waals surface area contributed by atoms with Crippen molar-refractivity contribution in [2.45, 2.75) is 37.8 Å². The molecular weight excluding hydrogens is 278 g/mol. The predicted molar refractivity (Wildman–Crippen MR) is 51.1 cm³/mol. The SMILES string of the molecule is FC(F)(F)c1cc(C(F)(F)F)n(C2CCCCO2)n1. The molecule has 0 aliphatic carbocycles. The van der Waals surface area contributed by atoms with Gasteiger partial charge in [0.15, 0.2) is 11.9 Å². The Bertz CT molecular complexity index is 444. The van der Waals surface area contributed by atoms with Gasteiger partial charge in [-0.3, -0.25) is 0 Å². The van der Waals surface area contributed by atoms with E-state index < -0.39 is 30.0 Å². The van der Waals surface area contributed by atoms with Crippen molar-refractivity contribution in [2.75, 3.05) is 6.61 Å². The van der Waals surface area contributed by atoms with E-state index in [9.17, 15) is 26.3 Å². The van der Waals surface area contributed by atoms with Crippen LogP contribution in [0.25, 0.3) is 0 Å². The van der Waals surface area contributed by atoms with E-state index in [1.54, 1.807) is 0 Å². The van der Waals surface area contributed by atoms with E-state index >= 15 is 0 Å². The van der Waals surface area contributed by atoms with Gasteiger partial charge in [0.1, 0.15) is 5.69 Å². The normalized spacial score (nSPS) is 21.7. The smallest absolute Gasteiger partial charge is 0.356 e. The maximum Gasteiger partial charge on any atom is 0.435 e. The Morgan fingerprint density at radius 2 is 1.79 bits per heavy atom. The highest BCUT2D eigenvalue weighted by Gasteiger charge is 2.43. The zero-order valence-electron chi connectivity index (χ0n) is 9.55. The Hall–Kier alpha value is -1.25. The minimum Gasteiger partial charge on any atom is -0.356 e. The molecule has 0 spiro atoms. The van der Waals surface area contributed by atoms with Crippen LogP contribution in [0.15, 0.2) is 6.07 Å². The first kappa shape index (κ1) is 14.2. The third-order valence-corrected chi connectivity index (χ3v) is 2.75. The number of aromatic nitrogens is 2. The average molecular weight is 288 g/mol. The molecule has 0 radical (unpaired) electrons. The Balaban J connectivity index is 2.42. The summed E-state index contributed by atoms with van der Waals surface area (Å²) in [5, 5.41) is 3.02. The van der Waals surface area contributed by atoms with E-state index in [0.717, 1.165) is 0 Å². The van der Waals surface area contributed by atoms with Crippen LogP contribution in [0.1, 0.15) is 36.9 Å². The van der Waals surface area contributed by atoms with Crippen LogP contribution in [0, 0.1) is 0 Å². The topological polar surface area (TPSA) is 27.1 Å². The van der Waals surface area contributed by atoms with Crippen molar-refractivity contribution in [3.8, 4) is 0 Å². The summed E-state index contributed by atoms with van der Waals surface area (Å²) in [6.07, 6.45) is -9.45. The largest absolute Gasteiger partial charge is 0.435 e. The number of hydrogen-bond donors (Lipinski definition) is 0. The minimum absolute atomic E-state index is 0.0119. The lowest BCUT2D eigenvalue weighted by molar-refractivity contribution is -0.152. The molecule has 2 rings (SSSR count). The van der Waals surface area contributed by atoms with Crippen molar-refractivity contribution in [2.24, 2.45) is 0 Å². The summed E-state index contributed by atoms with van der Waals surface area (Å²) in [6.45, 7) is 0.211. The van der Waals surface area contributed by atoms with Gasteiger partial charge < -0.3 is 4.74 Å². The van der Waals surface area contributed by atoms with Crippen molar-refractivity contribution in [1.29, 1.82) is 0 Å². The molecule has 9 heteroatoms. The van der Waals surface area contributed by atoms with E-state index in [2.05, 4.69) is 5.10 Å². The van der Waals surface area contributed by atoms with Gasteiger partial charge in [-0.25, -0.2) is 4.68 Å². The molecule has 3 nitrogen and oxygen atoms in total. The van der Waals surface area contributed by atoms with Crippen LogP contribution in [0.3, 0.4) is 0 Å². The zero-order chi connectivity index (χ0) is 14.3. The van der Waals surface area contributed by atoms with E-state index in [-0.39, 0.29) is 19.1 Å². The summed E-state index contributed by atoms with van der Waals surface area (Å²) in [4.78, 5) is 0. The third-order valence-electron chi connectivity index (χ3n) is 2.75. The molecular formula is C10H10F6N2O. The summed E-state index contributed by atoms with van der Waals surface area (Å²) in [5.74, 6) is 0. The molecule has 1 aromatic heterocycles. The summed E-state index contributed by atoms with van der Waals surface area (Å²) in [7, 11) is 0. The monoisotopic (exact) mass is 288 g/mol. The highest BCUT2D eigenvalue weighted by Crippen LogP contribution is 2.37. The number of halogens is 6. The lowest BCUT2D eigenvalue weighted by atomic mass is 10.2. The second-order valence-corrected chi connectivity index (χ2v) is 4.18. The minimum atomic E-state index is -4.92. The van der Waals surface area contributed by atoms with E-state index in [1.165, 1.54) is 0 Å². The number of alkyl halides is 6. The van der Waals surface area contributed by atoms with Crippen LogP contribution < -0.4 is 0 Å². The van der Waals surface area contributed by atoms with Crippen LogP contribution >= 0.6 is 0 Å².